The Hall–Kier alpha value is -0.0700. The van der Waals surface area contributed by atoms with Gasteiger partial charge < -0.3 is 20.6 Å². The molecule has 1 unspecified atom stereocenters. The zero-order valence-corrected chi connectivity index (χ0v) is 9.21. The summed E-state index contributed by atoms with van der Waals surface area (Å²) < 4.78 is 10.4. The monoisotopic (exact) mass is 243 g/mol. The number of rotatable bonds is 7. The molecule has 0 heterocycles. The third-order valence-electron chi connectivity index (χ3n) is 1.42. The summed E-state index contributed by atoms with van der Waals surface area (Å²) in [6.45, 7) is 0. The molecular formula is C6H14NO5PS. The van der Waals surface area contributed by atoms with Crippen LogP contribution in [0.3, 0.4) is 0 Å². The molecule has 0 saturated carbocycles. The Morgan fingerprint density at radius 1 is 1.43 bits per heavy atom. The molecular weight excluding hydrogens is 229 g/mol. The van der Waals surface area contributed by atoms with Gasteiger partial charge >= 0.3 is 13.6 Å². The molecule has 0 saturated heterocycles. The second-order valence-electron chi connectivity index (χ2n) is 2.73. The largest absolute Gasteiger partial charge is 0.480 e. The zero-order chi connectivity index (χ0) is 11.2. The van der Waals surface area contributed by atoms with Crippen LogP contribution in [0.1, 0.15) is 6.42 Å². The van der Waals surface area contributed by atoms with Crippen molar-refractivity contribution in [2.24, 2.45) is 5.73 Å². The first-order chi connectivity index (χ1) is 6.33. The van der Waals surface area contributed by atoms with Crippen molar-refractivity contribution in [1.82, 2.24) is 0 Å². The zero-order valence-electron chi connectivity index (χ0n) is 7.50. The average Bonchev–Trinajstić information content (AvgIpc) is 2.01. The van der Waals surface area contributed by atoms with Crippen molar-refractivity contribution in [3.8, 4) is 0 Å². The standard InChI is InChI=1S/C6H14NO5PS/c7-5(6(8)9)1-3-14-4-2-13(10,11)12/h5H,1-4,7H2,(H,8,9)(H2,10,11,12). The number of nitrogens with two attached hydrogens (primary N) is 1. The Morgan fingerprint density at radius 3 is 2.43 bits per heavy atom. The van der Waals surface area contributed by atoms with Gasteiger partial charge in [-0.05, 0) is 12.2 Å². The predicted molar refractivity (Wildman–Crippen MR) is 54.5 cm³/mol. The molecule has 0 rings (SSSR count). The average molecular weight is 243 g/mol. The molecule has 0 fully saturated rings. The second-order valence-corrected chi connectivity index (χ2v) is 5.74. The van der Waals surface area contributed by atoms with Gasteiger partial charge in [0.15, 0.2) is 0 Å². The van der Waals surface area contributed by atoms with Gasteiger partial charge in [-0.2, -0.15) is 11.8 Å². The van der Waals surface area contributed by atoms with Crippen molar-refractivity contribution in [2.45, 2.75) is 12.5 Å². The topological polar surface area (TPSA) is 121 Å². The summed E-state index contributed by atoms with van der Waals surface area (Å²) in [5, 5.41) is 8.41. The highest BCUT2D eigenvalue weighted by Crippen LogP contribution is 2.34. The molecule has 0 aliphatic heterocycles. The van der Waals surface area contributed by atoms with Crippen molar-refractivity contribution in [1.29, 1.82) is 0 Å². The van der Waals surface area contributed by atoms with E-state index in [9.17, 15) is 9.36 Å². The SMILES string of the molecule is NC(CCSCCP(=O)(O)O)C(=O)O. The summed E-state index contributed by atoms with van der Waals surface area (Å²) in [5.41, 5.74) is 5.22. The van der Waals surface area contributed by atoms with Crippen LogP contribution < -0.4 is 5.73 Å². The minimum absolute atomic E-state index is 0.181. The van der Waals surface area contributed by atoms with Gasteiger partial charge in [-0.15, -0.1) is 0 Å². The van der Waals surface area contributed by atoms with E-state index in [4.69, 9.17) is 20.6 Å². The van der Waals surface area contributed by atoms with Gasteiger partial charge in [0, 0.05) is 5.75 Å². The molecule has 0 aliphatic carbocycles. The molecule has 1 atom stereocenters. The van der Waals surface area contributed by atoms with Gasteiger partial charge in [-0.1, -0.05) is 0 Å². The summed E-state index contributed by atoms with van der Waals surface area (Å²) in [4.78, 5) is 27.3. The molecule has 0 aliphatic rings. The maximum Gasteiger partial charge on any atom is 0.326 e. The summed E-state index contributed by atoms with van der Waals surface area (Å²) >= 11 is 1.29. The van der Waals surface area contributed by atoms with E-state index in [1.807, 2.05) is 0 Å². The maximum atomic E-state index is 10.4. The van der Waals surface area contributed by atoms with E-state index in [1.54, 1.807) is 0 Å². The van der Waals surface area contributed by atoms with E-state index in [0.717, 1.165) is 0 Å². The molecule has 14 heavy (non-hydrogen) atoms. The molecule has 0 aromatic rings. The van der Waals surface area contributed by atoms with Crippen LogP contribution in [0, 0.1) is 0 Å². The number of hydrogen-bond donors (Lipinski definition) is 4. The number of carbonyl (C=O) groups is 1. The predicted octanol–water partition coefficient (Wildman–Crippen LogP) is -0.301. The number of aliphatic carboxylic acids is 1. The summed E-state index contributed by atoms with van der Waals surface area (Å²) in [5.74, 6) is -0.245. The van der Waals surface area contributed by atoms with Gasteiger partial charge in [-0.25, -0.2) is 0 Å². The Kier molecular flexibility index (Phi) is 6.39. The first-order valence-electron chi connectivity index (χ1n) is 3.93. The lowest BCUT2D eigenvalue weighted by Crippen LogP contribution is -2.30. The first-order valence-corrected chi connectivity index (χ1v) is 6.89. The smallest absolute Gasteiger partial charge is 0.326 e. The van der Waals surface area contributed by atoms with Crippen LogP contribution in [0.25, 0.3) is 0 Å². The fraction of sp³-hybridized carbons (Fsp3) is 0.833. The highest BCUT2D eigenvalue weighted by atomic mass is 32.2. The number of carboxylic acids is 1. The van der Waals surface area contributed by atoms with E-state index >= 15 is 0 Å². The van der Waals surface area contributed by atoms with Crippen molar-refractivity contribution >= 4 is 25.3 Å². The second kappa shape index (κ2) is 6.42. The van der Waals surface area contributed by atoms with Crippen LogP contribution >= 0.6 is 19.4 Å². The summed E-state index contributed by atoms with van der Waals surface area (Å²) in [6.07, 6.45) is 0.126. The van der Waals surface area contributed by atoms with Crippen LogP contribution in [0.15, 0.2) is 0 Å². The Balaban J connectivity index is 3.39. The highest BCUT2D eigenvalue weighted by Gasteiger charge is 2.13. The van der Waals surface area contributed by atoms with E-state index in [-0.39, 0.29) is 6.16 Å². The molecule has 0 radical (unpaired) electrons. The van der Waals surface area contributed by atoms with Crippen molar-refractivity contribution in [3.63, 3.8) is 0 Å². The maximum absolute atomic E-state index is 10.4. The van der Waals surface area contributed by atoms with Gasteiger partial charge in [0.25, 0.3) is 0 Å². The number of hydrogen-bond acceptors (Lipinski definition) is 4. The lowest BCUT2D eigenvalue weighted by atomic mass is 10.2. The molecule has 0 spiro atoms. The third kappa shape index (κ3) is 8.52. The first kappa shape index (κ1) is 13.9. The molecule has 8 heteroatoms. The van der Waals surface area contributed by atoms with Crippen LogP contribution in [0.2, 0.25) is 0 Å². The van der Waals surface area contributed by atoms with E-state index in [2.05, 4.69) is 0 Å². The minimum Gasteiger partial charge on any atom is -0.480 e. The van der Waals surface area contributed by atoms with Gasteiger partial charge in [0.05, 0.1) is 6.16 Å². The number of carboxylic acid groups (broad SMARTS) is 1. The Labute approximate surface area is 86.0 Å². The van der Waals surface area contributed by atoms with Crippen molar-refractivity contribution in [3.05, 3.63) is 0 Å². The molecule has 0 aromatic carbocycles. The molecule has 0 bridgehead atoms. The molecule has 5 N–H and O–H groups in total. The van der Waals surface area contributed by atoms with E-state index in [1.165, 1.54) is 11.8 Å². The Morgan fingerprint density at radius 2 is 2.00 bits per heavy atom. The normalized spacial score (nSPS) is 13.9. The van der Waals surface area contributed by atoms with Crippen molar-refractivity contribution < 1.29 is 24.3 Å². The van der Waals surface area contributed by atoms with E-state index in [0.29, 0.717) is 17.9 Å². The quantitative estimate of drug-likeness (QED) is 0.357. The van der Waals surface area contributed by atoms with E-state index < -0.39 is 19.6 Å². The minimum atomic E-state index is -3.92. The molecule has 6 nitrogen and oxygen atoms in total. The van der Waals surface area contributed by atoms with Crippen LogP contribution in [-0.4, -0.2) is 44.6 Å². The lowest BCUT2D eigenvalue weighted by Gasteiger charge is -2.06. The van der Waals surface area contributed by atoms with Crippen molar-refractivity contribution in [2.75, 3.05) is 17.7 Å². The fourth-order valence-electron chi connectivity index (χ4n) is 0.619. The van der Waals surface area contributed by atoms with Crippen LogP contribution in [-0.2, 0) is 9.36 Å². The lowest BCUT2D eigenvalue weighted by molar-refractivity contribution is -0.138. The fourth-order valence-corrected chi connectivity index (χ4v) is 2.71. The van der Waals surface area contributed by atoms with Crippen LogP contribution in [0.5, 0.6) is 0 Å². The Bertz CT molecular complexity index is 230. The summed E-state index contributed by atoms with van der Waals surface area (Å²) in [6, 6.07) is -0.891. The molecule has 0 amide bonds. The third-order valence-corrected chi connectivity index (χ3v) is 3.54. The highest BCUT2D eigenvalue weighted by molar-refractivity contribution is 7.99. The van der Waals surface area contributed by atoms with Crippen LogP contribution in [0.4, 0.5) is 0 Å². The molecule has 84 valence electrons. The van der Waals surface area contributed by atoms with Gasteiger partial charge in [0.1, 0.15) is 6.04 Å². The van der Waals surface area contributed by atoms with Gasteiger partial charge in [0.2, 0.25) is 0 Å². The molecule has 0 aromatic heterocycles. The summed E-state index contributed by atoms with van der Waals surface area (Å²) in [7, 11) is -3.92. The van der Waals surface area contributed by atoms with Gasteiger partial charge in [-0.3, -0.25) is 9.36 Å². The number of thioether (sulfide) groups is 1.